The minimum Gasteiger partial charge on any atom is -0.311 e. The zero-order chi connectivity index (χ0) is 14.8. The van der Waals surface area contributed by atoms with Gasteiger partial charge >= 0.3 is 0 Å². The third-order valence-electron chi connectivity index (χ3n) is 2.23. The van der Waals surface area contributed by atoms with Gasteiger partial charge in [-0.15, -0.1) is 0 Å². The molecule has 1 aromatic carbocycles. The molecule has 0 aliphatic heterocycles. The number of fused-ring (bicyclic) bond motifs is 1. The van der Waals surface area contributed by atoms with Gasteiger partial charge in [-0.25, -0.2) is 4.98 Å². The van der Waals surface area contributed by atoms with Crippen molar-refractivity contribution in [2.75, 3.05) is 5.32 Å². The van der Waals surface area contributed by atoms with Crippen LogP contribution >= 0.6 is 0 Å². The third-order valence-corrected chi connectivity index (χ3v) is 2.23. The number of para-hydroxylation sites is 1. The van der Waals surface area contributed by atoms with E-state index < -0.39 is 0 Å². The smallest absolute Gasteiger partial charge is 0.222 e. The summed E-state index contributed by atoms with van der Waals surface area (Å²) in [5.74, 6) is 0.510. The number of pyridine rings is 1. The molecule has 1 N–H and O–H groups in total. The second-order valence-corrected chi connectivity index (χ2v) is 3.52. The molecule has 104 valence electrons. The molecule has 3 heteroatoms. The molecule has 1 aromatic heterocycles. The summed E-state index contributed by atoms with van der Waals surface area (Å²) >= 11 is 0. The number of hydrogen-bond acceptors (Lipinski definition) is 2. The number of aromatic nitrogens is 1. The molecule has 1 heterocycles. The Morgan fingerprint density at radius 3 is 2.26 bits per heavy atom. The van der Waals surface area contributed by atoms with Crippen molar-refractivity contribution < 1.29 is 4.79 Å². The van der Waals surface area contributed by atoms with Crippen LogP contribution in [-0.2, 0) is 4.79 Å². The maximum atomic E-state index is 10.9. The summed E-state index contributed by atoms with van der Waals surface area (Å²) in [6, 6.07) is 9.76. The molecule has 0 bridgehead atoms. The molecule has 0 radical (unpaired) electrons. The molecule has 2 aromatic rings. The summed E-state index contributed by atoms with van der Waals surface area (Å²) in [5.41, 5.74) is 2.02. The van der Waals surface area contributed by atoms with E-state index in [4.69, 9.17) is 0 Å². The molecule has 3 nitrogen and oxygen atoms in total. The number of nitrogens with one attached hydrogen (secondary N) is 1. The lowest BCUT2D eigenvalue weighted by Crippen LogP contribution is -2.07. The van der Waals surface area contributed by atoms with Crippen molar-refractivity contribution in [1.29, 1.82) is 0 Å². The molecule has 0 atom stereocenters. The maximum absolute atomic E-state index is 10.9. The lowest BCUT2D eigenvalue weighted by atomic mass is 10.1. The maximum Gasteiger partial charge on any atom is 0.222 e. The van der Waals surface area contributed by atoms with Gasteiger partial charge in [-0.3, -0.25) is 4.79 Å². The van der Waals surface area contributed by atoms with Crippen LogP contribution in [-0.4, -0.2) is 10.9 Å². The molecule has 2 rings (SSSR count). The van der Waals surface area contributed by atoms with Crippen LogP contribution < -0.4 is 5.32 Å². The molecular formula is C16H24N2O. The Hall–Kier alpha value is -1.90. The van der Waals surface area contributed by atoms with Crippen molar-refractivity contribution >= 4 is 22.6 Å². The van der Waals surface area contributed by atoms with Crippen molar-refractivity contribution in [3.63, 3.8) is 0 Å². The zero-order valence-electron chi connectivity index (χ0n) is 12.7. The number of aryl methyl sites for hydroxylation is 1. The molecule has 0 fully saturated rings. The van der Waals surface area contributed by atoms with E-state index in [0.717, 1.165) is 16.5 Å². The van der Waals surface area contributed by atoms with Gasteiger partial charge in [0.25, 0.3) is 0 Å². The molecular weight excluding hydrogens is 236 g/mol. The largest absolute Gasteiger partial charge is 0.311 e. The van der Waals surface area contributed by atoms with Crippen LogP contribution in [0, 0.1) is 6.92 Å². The van der Waals surface area contributed by atoms with Gasteiger partial charge in [0.05, 0.1) is 5.52 Å². The first-order valence-corrected chi connectivity index (χ1v) is 6.81. The summed E-state index contributed by atoms with van der Waals surface area (Å²) in [5, 5.41) is 3.80. The van der Waals surface area contributed by atoms with Gasteiger partial charge in [0.1, 0.15) is 5.82 Å². The van der Waals surface area contributed by atoms with Crippen LogP contribution in [0.25, 0.3) is 10.9 Å². The molecule has 19 heavy (non-hydrogen) atoms. The highest BCUT2D eigenvalue weighted by Crippen LogP contribution is 2.19. The minimum atomic E-state index is -0.0998. The summed E-state index contributed by atoms with van der Waals surface area (Å²) in [6.07, 6.45) is 0. The van der Waals surface area contributed by atoms with E-state index in [1.807, 2.05) is 65.0 Å². The lowest BCUT2D eigenvalue weighted by molar-refractivity contribution is -0.114. The molecule has 0 aliphatic rings. The number of hydrogen-bond donors (Lipinski definition) is 1. The Morgan fingerprint density at radius 2 is 1.68 bits per heavy atom. The van der Waals surface area contributed by atoms with Gasteiger partial charge < -0.3 is 5.32 Å². The molecule has 0 aliphatic carbocycles. The highest BCUT2D eigenvalue weighted by atomic mass is 16.1. The fraction of sp³-hybridized carbons (Fsp3) is 0.375. The summed E-state index contributed by atoms with van der Waals surface area (Å²) in [7, 11) is 0. The van der Waals surface area contributed by atoms with Gasteiger partial charge in [0.2, 0.25) is 5.91 Å². The van der Waals surface area contributed by atoms with Crippen molar-refractivity contribution in [2.45, 2.75) is 41.5 Å². The zero-order valence-corrected chi connectivity index (χ0v) is 12.7. The van der Waals surface area contributed by atoms with Gasteiger partial charge in [0.15, 0.2) is 0 Å². The first kappa shape index (κ1) is 17.1. The minimum absolute atomic E-state index is 0.0998. The van der Waals surface area contributed by atoms with E-state index in [0.29, 0.717) is 5.82 Å². The first-order chi connectivity index (χ1) is 9.16. The Morgan fingerprint density at radius 1 is 1.11 bits per heavy atom. The van der Waals surface area contributed by atoms with E-state index in [1.165, 1.54) is 6.92 Å². The van der Waals surface area contributed by atoms with Gasteiger partial charge in [-0.1, -0.05) is 45.9 Å². The predicted molar refractivity (Wildman–Crippen MR) is 83.5 cm³/mol. The average Bonchev–Trinajstić information content (AvgIpc) is 2.42. The number of carbonyl (C=O) groups excluding carboxylic acids is 1. The van der Waals surface area contributed by atoms with Gasteiger partial charge in [0, 0.05) is 12.3 Å². The normalized spacial score (nSPS) is 8.74. The number of nitrogens with zero attached hydrogens (tertiary/aromatic N) is 1. The average molecular weight is 260 g/mol. The molecule has 0 saturated carbocycles. The van der Waals surface area contributed by atoms with Crippen LogP contribution in [0.5, 0.6) is 0 Å². The number of benzene rings is 1. The Kier molecular flexibility index (Phi) is 8.18. The second kappa shape index (κ2) is 9.09. The molecule has 0 spiro atoms. The quantitative estimate of drug-likeness (QED) is 0.817. The first-order valence-electron chi connectivity index (χ1n) is 6.81. The fourth-order valence-electron chi connectivity index (χ4n) is 1.59. The molecule has 0 saturated heterocycles. The van der Waals surface area contributed by atoms with Gasteiger partial charge in [-0.2, -0.15) is 0 Å². The Labute approximate surface area is 116 Å². The standard InChI is InChI=1S/C12H12N2O.2C2H6/c1-8-7-12(13-9(2)15)14-11-6-4-3-5-10(8)11;2*1-2/h3-7H,1-2H3,(H,13,14,15);2*1-2H3. The van der Waals surface area contributed by atoms with Crippen LogP contribution in [0.15, 0.2) is 30.3 Å². The Bertz CT molecular complexity index is 521. The number of rotatable bonds is 1. The van der Waals surface area contributed by atoms with Crippen LogP contribution in [0.4, 0.5) is 5.82 Å². The summed E-state index contributed by atoms with van der Waals surface area (Å²) in [6.45, 7) is 11.5. The topological polar surface area (TPSA) is 42.0 Å². The van der Waals surface area contributed by atoms with Crippen molar-refractivity contribution in [3.05, 3.63) is 35.9 Å². The fourth-order valence-corrected chi connectivity index (χ4v) is 1.59. The predicted octanol–water partition coefficient (Wildman–Crippen LogP) is 4.55. The lowest BCUT2D eigenvalue weighted by Gasteiger charge is -2.05. The molecule has 1 amide bonds. The number of amides is 1. The van der Waals surface area contributed by atoms with Crippen LogP contribution in [0.3, 0.4) is 0 Å². The SMILES string of the molecule is CC.CC.CC(=O)Nc1cc(C)c2ccccc2n1. The van der Waals surface area contributed by atoms with E-state index in [-0.39, 0.29) is 5.91 Å². The second-order valence-electron chi connectivity index (χ2n) is 3.52. The number of anilines is 1. The van der Waals surface area contributed by atoms with Crippen LogP contribution in [0.2, 0.25) is 0 Å². The number of carbonyl (C=O) groups is 1. The van der Waals surface area contributed by atoms with Crippen LogP contribution in [0.1, 0.15) is 40.2 Å². The summed E-state index contributed by atoms with van der Waals surface area (Å²) in [4.78, 5) is 15.3. The van der Waals surface area contributed by atoms with E-state index in [9.17, 15) is 4.79 Å². The summed E-state index contributed by atoms with van der Waals surface area (Å²) < 4.78 is 0. The monoisotopic (exact) mass is 260 g/mol. The molecule has 0 unspecified atom stereocenters. The van der Waals surface area contributed by atoms with Crippen molar-refractivity contribution in [2.24, 2.45) is 0 Å². The van der Waals surface area contributed by atoms with E-state index in [2.05, 4.69) is 10.3 Å². The van der Waals surface area contributed by atoms with E-state index in [1.54, 1.807) is 0 Å². The van der Waals surface area contributed by atoms with Crippen molar-refractivity contribution in [1.82, 2.24) is 4.98 Å². The van der Waals surface area contributed by atoms with E-state index >= 15 is 0 Å². The highest BCUT2D eigenvalue weighted by Gasteiger charge is 2.02. The van der Waals surface area contributed by atoms with Gasteiger partial charge in [-0.05, 0) is 24.6 Å². The van der Waals surface area contributed by atoms with Crippen molar-refractivity contribution in [3.8, 4) is 0 Å². The Balaban J connectivity index is 0.000000741. The highest BCUT2D eigenvalue weighted by molar-refractivity contribution is 5.90. The third kappa shape index (κ3) is 5.08.